The Kier molecular flexibility index (Phi) is 8.57. The van der Waals surface area contributed by atoms with Crippen LogP contribution in [-0.2, 0) is 5.41 Å². The van der Waals surface area contributed by atoms with Crippen molar-refractivity contribution in [3.63, 3.8) is 0 Å². The lowest BCUT2D eigenvalue weighted by Gasteiger charge is -2.30. The van der Waals surface area contributed by atoms with Crippen LogP contribution in [0.5, 0.6) is 0 Å². The van der Waals surface area contributed by atoms with Crippen LogP contribution in [0.25, 0.3) is 77.2 Å². The molecular weight excluding hydrogens is 723 g/mol. The number of rotatable bonds is 7. The van der Waals surface area contributed by atoms with E-state index in [0.717, 1.165) is 17.1 Å². The third kappa shape index (κ3) is 5.85. The molecule has 10 aromatic carbocycles. The molecule has 0 radical (unpaired) electrons. The Bertz CT molecular complexity index is 3220. The van der Waals surface area contributed by atoms with Crippen molar-refractivity contribution in [3.8, 4) is 55.6 Å². The average Bonchev–Trinajstić information content (AvgIpc) is 3.54. The summed E-state index contributed by atoms with van der Waals surface area (Å²) in [6.45, 7) is 4.72. The third-order valence-corrected chi connectivity index (χ3v) is 12.7. The van der Waals surface area contributed by atoms with Gasteiger partial charge in [-0.3, -0.25) is 0 Å². The number of benzene rings is 10. The van der Waals surface area contributed by atoms with E-state index in [4.69, 9.17) is 0 Å². The lowest BCUT2D eigenvalue weighted by Crippen LogP contribution is -2.15. The molecule has 0 unspecified atom stereocenters. The summed E-state index contributed by atoms with van der Waals surface area (Å²) in [4.78, 5) is 2.48. The fraction of sp³-hybridized carbons (Fsp3) is 0.0508. The molecule has 0 saturated heterocycles. The van der Waals surface area contributed by atoms with Crippen LogP contribution in [0.4, 0.5) is 17.1 Å². The average molecular weight is 766 g/mol. The van der Waals surface area contributed by atoms with Crippen molar-refractivity contribution in [1.82, 2.24) is 0 Å². The van der Waals surface area contributed by atoms with Crippen molar-refractivity contribution >= 4 is 38.6 Å². The molecular formula is C59H43N. The van der Waals surface area contributed by atoms with Crippen molar-refractivity contribution in [1.29, 1.82) is 0 Å². The Morgan fingerprint density at radius 3 is 1.62 bits per heavy atom. The van der Waals surface area contributed by atoms with Crippen LogP contribution in [0.3, 0.4) is 0 Å². The lowest BCUT2D eigenvalue weighted by atomic mass is 9.81. The van der Waals surface area contributed by atoms with Crippen molar-refractivity contribution in [3.05, 3.63) is 236 Å². The lowest BCUT2D eigenvalue weighted by molar-refractivity contribution is 0.660. The molecule has 0 aliphatic heterocycles. The summed E-state index contributed by atoms with van der Waals surface area (Å²) in [6.07, 6.45) is 0. The van der Waals surface area contributed by atoms with Crippen molar-refractivity contribution in [2.75, 3.05) is 4.90 Å². The van der Waals surface area contributed by atoms with Gasteiger partial charge in [0.2, 0.25) is 0 Å². The van der Waals surface area contributed by atoms with Gasteiger partial charge in [0.15, 0.2) is 0 Å². The van der Waals surface area contributed by atoms with Gasteiger partial charge in [-0.05, 0) is 108 Å². The summed E-state index contributed by atoms with van der Waals surface area (Å²) in [5.41, 5.74) is 18.3. The summed E-state index contributed by atoms with van der Waals surface area (Å²) < 4.78 is 0. The first-order chi connectivity index (χ1) is 29.5. The van der Waals surface area contributed by atoms with Crippen LogP contribution in [0.15, 0.2) is 224 Å². The van der Waals surface area contributed by atoms with Crippen LogP contribution < -0.4 is 4.90 Å². The molecule has 0 atom stereocenters. The monoisotopic (exact) mass is 765 g/mol. The Labute approximate surface area is 352 Å². The standard InChI is InChI=1S/C59H43N/c1-59(2)54-30-11-8-25-50(54)51-38-35-44(39-55(51)59)48-24-9-12-31-56(48)60(45-36-33-42(34-37-45)47-27-14-20-40-19-6-7-23-46(40)47)57-32-13-10-26-52(57)53-29-16-22-43-21-15-28-49(58(43)53)41-17-4-3-5-18-41/h3-39H,1-2H3. The summed E-state index contributed by atoms with van der Waals surface area (Å²) in [7, 11) is 0. The molecule has 0 fully saturated rings. The Hall–Kier alpha value is -7.48. The molecule has 11 rings (SSSR count). The number of nitrogens with zero attached hydrogens (tertiary/aromatic N) is 1. The van der Waals surface area contributed by atoms with Crippen molar-refractivity contribution < 1.29 is 0 Å². The normalized spacial score (nSPS) is 12.6. The van der Waals surface area contributed by atoms with Crippen LogP contribution >= 0.6 is 0 Å². The zero-order chi connectivity index (χ0) is 40.2. The minimum absolute atomic E-state index is 0.106. The Morgan fingerprint density at radius 1 is 0.317 bits per heavy atom. The van der Waals surface area contributed by atoms with E-state index in [-0.39, 0.29) is 5.41 Å². The highest BCUT2D eigenvalue weighted by Gasteiger charge is 2.35. The highest BCUT2D eigenvalue weighted by atomic mass is 15.1. The molecule has 60 heavy (non-hydrogen) atoms. The Morgan fingerprint density at radius 2 is 0.833 bits per heavy atom. The number of hydrogen-bond donors (Lipinski definition) is 0. The summed E-state index contributed by atoms with van der Waals surface area (Å²) in [5, 5.41) is 4.97. The Balaban J connectivity index is 1.13. The number of fused-ring (bicyclic) bond motifs is 5. The second kappa shape index (κ2) is 14.4. The van der Waals surface area contributed by atoms with Gasteiger partial charge in [-0.1, -0.05) is 208 Å². The highest BCUT2D eigenvalue weighted by molar-refractivity contribution is 6.09. The maximum atomic E-state index is 2.48. The predicted octanol–water partition coefficient (Wildman–Crippen LogP) is 16.4. The second-order valence-corrected chi connectivity index (χ2v) is 16.4. The van der Waals surface area contributed by atoms with Crippen LogP contribution in [0.2, 0.25) is 0 Å². The molecule has 0 saturated carbocycles. The van der Waals surface area contributed by atoms with E-state index in [1.807, 2.05) is 0 Å². The van der Waals surface area contributed by atoms with Gasteiger partial charge >= 0.3 is 0 Å². The van der Waals surface area contributed by atoms with Gasteiger partial charge in [0.25, 0.3) is 0 Å². The quantitative estimate of drug-likeness (QED) is 0.156. The maximum Gasteiger partial charge on any atom is 0.0540 e. The molecule has 10 aromatic rings. The van der Waals surface area contributed by atoms with E-state index >= 15 is 0 Å². The topological polar surface area (TPSA) is 3.24 Å². The molecule has 1 nitrogen and oxygen atoms in total. The van der Waals surface area contributed by atoms with Crippen molar-refractivity contribution in [2.45, 2.75) is 19.3 Å². The number of para-hydroxylation sites is 2. The molecule has 284 valence electrons. The molecule has 1 heteroatoms. The fourth-order valence-corrected chi connectivity index (χ4v) is 9.78. The summed E-state index contributed by atoms with van der Waals surface area (Å²) in [5.74, 6) is 0. The van der Waals surface area contributed by atoms with Crippen molar-refractivity contribution in [2.24, 2.45) is 0 Å². The first-order valence-electron chi connectivity index (χ1n) is 20.9. The largest absolute Gasteiger partial charge is 0.309 e. The van der Waals surface area contributed by atoms with Crippen LogP contribution in [-0.4, -0.2) is 0 Å². The molecule has 0 amide bonds. The maximum absolute atomic E-state index is 2.48. The first kappa shape index (κ1) is 35.7. The van der Waals surface area contributed by atoms with Gasteiger partial charge in [-0.15, -0.1) is 0 Å². The predicted molar refractivity (Wildman–Crippen MR) is 255 cm³/mol. The van der Waals surface area contributed by atoms with Gasteiger partial charge in [0.05, 0.1) is 11.4 Å². The molecule has 0 bridgehead atoms. The zero-order valence-corrected chi connectivity index (χ0v) is 33.8. The van der Waals surface area contributed by atoms with Gasteiger partial charge in [0, 0.05) is 22.2 Å². The minimum atomic E-state index is -0.106. The second-order valence-electron chi connectivity index (χ2n) is 16.4. The third-order valence-electron chi connectivity index (χ3n) is 12.7. The van der Waals surface area contributed by atoms with Gasteiger partial charge in [0.1, 0.15) is 0 Å². The van der Waals surface area contributed by atoms with E-state index in [1.165, 1.54) is 88.3 Å². The van der Waals surface area contributed by atoms with Crippen LogP contribution in [0.1, 0.15) is 25.0 Å². The van der Waals surface area contributed by atoms with E-state index in [1.54, 1.807) is 0 Å². The molecule has 0 heterocycles. The molecule has 1 aliphatic carbocycles. The smallest absolute Gasteiger partial charge is 0.0540 e. The molecule has 0 spiro atoms. The van der Waals surface area contributed by atoms with Gasteiger partial charge < -0.3 is 4.90 Å². The number of anilines is 3. The van der Waals surface area contributed by atoms with E-state index < -0.39 is 0 Å². The van der Waals surface area contributed by atoms with Gasteiger partial charge in [-0.25, -0.2) is 0 Å². The first-order valence-corrected chi connectivity index (χ1v) is 20.9. The molecule has 0 aromatic heterocycles. The van der Waals surface area contributed by atoms with Crippen LogP contribution in [0, 0.1) is 0 Å². The SMILES string of the molecule is CC1(C)c2ccccc2-c2ccc(-c3ccccc3N(c3ccc(-c4cccc5ccccc45)cc3)c3ccccc3-c3cccc4cccc(-c5ccccc5)c34)cc21. The van der Waals surface area contributed by atoms with E-state index in [2.05, 4.69) is 243 Å². The van der Waals surface area contributed by atoms with E-state index in [0.29, 0.717) is 0 Å². The summed E-state index contributed by atoms with van der Waals surface area (Å²) in [6, 6.07) is 82.5. The number of hydrogen-bond acceptors (Lipinski definition) is 1. The highest BCUT2D eigenvalue weighted by Crippen LogP contribution is 2.52. The fourth-order valence-electron chi connectivity index (χ4n) is 9.78. The summed E-state index contributed by atoms with van der Waals surface area (Å²) >= 11 is 0. The van der Waals surface area contributed by atoms with Gasteiger partial charge in [-0.2, -0.15) is 0 Å². The molecule has 0 N–H and O–H groups in total. The molecule has 1 aliphatic rings. The zero-order valence-electron chi connectivity index (χ0n) is 33.8. The minimum Gasteiger partial charge on any atom is -0.309 e. The van der Waals surface area contributed by atoms with E-state index in [9.17, 15) is 0 Å².